The van der Waals surface area contributed by atoms with Crippen LogP contribution in [0.4, 0.5) is 26.3 Å². The standard InChI is InChI=1S/C16H24F3NO.C2HF3O2/c1-4-11(2)15(10-21)20-12(3)8-13-6-5-7-14(9-13)16(17,18)19;3-2(4,5)1(6)7/h5-7,9,11-12,15,20-21H,4,8,10H2,1-3H3;(H,6,7)/t11-,12?,15+;/m0./s1. The minimum Gasteiger partial charge on any atom is -0.475 e. The zero-order valence-corrected chi connectivity index (χ0v) is 15.7. The van der Waals surface area contributed by atoms with Gasteiger partial charge in [-0.25, -0.2) is 4.79 Å². The Bertz CT molecular complexity index is 604. The van der Waals surface area contributed by atoms with Gasteiger partial charge < -0.3 is 15.5 Å². The first-order valence-electron chi connectivity index (χ1n) is 8.55. The molecule has 1 rings (SSSR count). The number of hydrogen-bond donors (Lipinski definition) is 3. The normalized spacial score (nSPS) is 15.2. The molecule has 0 amide bonds. The van der Waals surface area contributed by atoms with Crippen LogP contribution in [-0.2, 0) is 17.4 Å². The van der Waals surface area contributed by atoms with Crippen molar-refractivity contribution in [3.63, 3.8) is 0 Å². The molecule has 1 aromatic rings. The fraction of sp³-hybridized carbons (Fsp3) is 0.611. The summed E-state index contributed by atoms with van der Waals surface area (Å²) in [6, 6.07) is 5.37. The minimum atomic E-state index is -5.08. The molecule has 0 saturated carbocycles. The molecule has 0 aliphatic rings. The molecule has 3 atom stereocenters. The number of alkyl halides is 6. The number of aliphatic hydroxyl groups is 1. The second kappa shape index (κ2) is 11.3. The predicted octanol–water partition coefficient (Wildman–Crippen LogP) is 4.27. The highest BCUT2D eigenvalue weighted by molar-refractivity contribution is 5.73. The van der Waals surface area contributed by atoms with Crippen LogP contribution < -0.4 is 5.32 Å². The molecule has 1 unspecified atom stereocenters. The van der Waals surface area contributed by atoms with E-state index < -0.39 is 23.9 Å². The molecule has 3 N–H and O–H groups in total. The quantitative estimate of drug-likeness (QED) is 0.580. The molecular formula is C18H25F6NO3. The third-order valence-electron chi connectivity index (χ3n) is 4.06. The lowest BCUT2D eigenvalue weighted by Crippen LogP contribution is -2.44. The number of hydrogen-bond acceptors (Lipinski definition) is 3. The van der Waals surface area contributed by atoms with Gasteiger partial charge in [-0.2, -0.15) is 26.3 Å². The number of aliphatic hydroxyl groups excluding tert-OH is 1. The molecule has 0 aliphatic heterocycles. The molecule has 0 heterocycles. The molecule has 0 aromatic heterocycles. The zero-order chi connectivity index (χ0) is 22.1. The van der Waals surface area contributed by atoms with Crippen molar-refractivity contribution in [2.45, 2.75) is 58.0 Å². The Labute approximate surface area is 159 Å². The maximum Gasteiger partial charge on any atom is 0.490 e. The summed E-state index contributed by atoms with van der Waals surface area (Å²) < 4.78 is 69.8. The van der Waals surface area contributed by atoms with Gasteiger partial charge >= 0.3 is 18.3 Å². The Balaban J connectivity index is 0.000000887. The molecule has 0 radical (unpaired) electrons. The van der Waals surface area contributed by atoms with Crippen molar-refractivity contribution < 1.29 is 41.4 Å². The van der Waals surface area contributed by atoms with Gasteiger partial charge in [0.2, 0.25) is 0 Å². The summed E-state index contributed by atoms with van der Waals surface area (Å²) in [5, 5.41) is 19.8. The van der Waals surface area contributed by atoms with Crippen LogP contribution in [0.5, 0.6) is 0 Å². The number of nitrogens with one attached hydrogen (secondary N) is 1. The minimum absolute atomic E-state index is 0.000339. The molecular weight excluding hydrogens is 392 g/mol. The highest BCUT2D eigenvalue weighted by atomic mass is 19.4. The summed E-state index contributed by atoms with van der Waals surface area (Å²) in [6.45, 7) is 6.05. The predicted molar refractivity (Wildman–Crippen MR) is 91.8 cm³/mol. The van der Waals surface area contributed by atoms with Gasteiger partial charge in [0.05, 0.1) is 12.2 Å². The van der Waals surface area contributed by atoms with Crippen molar-refractivity contribution in [2.24, 2.45) is 5.92 Å². The molecule has 0 bridgehead atoms. The molecule has 0 spiro atoms. The molecule has 28 heavy (non-hydrogen) atoms. The second-order valence-corrected chi connectivity index (χ2v) is 6.45. The van der Waals surface area contributed by atoms with Gasteiger partial charge in [0.1, 0.15) is 0 Å². The fourth-order valence-electron chi connectivity index (χ4n) is 2.33. The van der Waals surface area contributed by atoms with Crippen LogP contribution in [0.25, 0.3) is 0 Å². The molecule has 0 saturated heterocycles. The number of carboxylic acid groups (broad SMARTS) is 1. The first kappa shape index (κ1) is 26.2. The average Bonchev–Trinajstić information content (AvgIpc) is 2.58. The topological polar surface area (TPSA) is 69.6 Å². The van der Waals surface area contributed by atoms with E-state index >= 15 is 0 Å². The van der Waals surface area contributed by atoms with Gasteiger partial charge in [0, 0.05) is 12.1 Å². The highest BCUT2D eigenvalue weighted by Crippen LogP contribution is 2.29. The Hall–Kier alpha value is -1.81. The molecule has 162 valence electrons. The van der Waals surface area contributed by atoms with E-state index in [2.05, 4.69) is 5.32 Å². The molecule has 1 aromatic carbocycles. The first-order valence-corrected chi connectivity index (χ1v) is 8.55. The number of carboxylic acids is 1. The summed E-state index contributed by atoms with van der Waals surface area (Å²) in [5.41, 5.74) is 0.0264. The Morgan fingerprint density at radius 1 is 1.14 bits per heavy atom. The highest BCUT2D eigenvalue weighted by Gasteiger charge is 2.38. The van der Waals surface area contributed by atoms with E-state index in [4.69, 9.17) is 9.90 Å². The lowest BCUT2D eigenvalue weighted by molar-refractivity contribution is -0.192. The Kier molecular flexibility index (Phi) is 10.5. The number of benzene rings is 1. The Morgan fingerprint density at radius 2 is 1.68 bits per heavy atom. The van der Waals surface area contributed by atoms with E-state index in [1.165, 1.54) is 12.1 Å². The lowest BCUT2D eigenvalue weighted by Gasteiger charge is -2.26. The summed E-state index contributed by atoms with van der Waals surface area (Å²) in [7, 11) is 0. The van der Waals surface area contributed by atoms with Crippen LogP contribution in [0, 0.1) is 5.92 Å². The summed E-state index contributed by atoms with van der Waals surface area (Å²) in [5.74, 6) is -2.44. The molecule has 0 aliphatic carbocycles. The molecule has 10 heteroatoms. The van der Waals surface area contributed by atoms with Crippen LogP contribution in [0.3, 0.4) is 0 Å². The van der Waals surface area contributed by atoms with Gasteiger partial charge in [0.15, 0.2) is 0 Å². The van der Waals surface area contributed by atoms with Crippen molar-refractivity contribution in [2.75, 3.05) is 6.61 Å². The number of carbonyl (C=O) groups is 1. The van der Waals surface area contributed by atoms with Crippen molar-refractivity contribution in [1.82, 2.24) is 5.32 Å². The van der Waals surface area contributed by atoms with E-state index in [0.717, 1.165) is 12.5 Å². The van der Waals surface area contributed by atoms with E-state index in [9.17, 15) is 31.4 Å². The van der Waals surface area contributed by atoms with Gasteiger partial charge in [-0.15, -0.1) is 0 Å². The maximum atomic E-state index is 12.7. The van der Waals surface area contributed by atoms with Crippen LogP contribution in [-0.4, -0.2) is 41.0 Å². The van der Waals surface area contributed by atoms with Crippen LogP contribution >= 0.6 is 0 Å². The van der Waals surface area contributed by atoms with Gasteiger partial charge in [-0.1, -0.05) is 38.5 Å². The van der Waals surface area contributed by atoms with Crippen LogP contribution in [0.1, 0.15) is 38.3 Å². The molecule has 0 fully saturated rings. The van der Waals surface area contributed by atoms with Crippen LogP contribution in [0.2, 0.25) is 0 Å². The largest absolute Gasteiger partial charge is 0.490 e. The second-order valence-electron chi connectivity index (χ2n) is 6.45. The SMILES string of the molecule is CC[C@H](C)[C@@H](CO)NC(C)Cc1cccc(C(F)(F)F)c1.O=C(O)C(F)(F)F. The summed E-state index contributed by atoms with van der Waals surface area (Å²) in [6.07, 6.45) is -7.96. The van der Waals surface area contributed by atoms with Crippen molar-refractivity contribution in [3.05, 3.63) is 35.4 Å². The van der Waals surface area contributed by atoms with E-state index in [1.807, 2.05) is 20.8 Å². The third kappa shape index (κ3) is 9.93. The van der Waals surface area contributed by atoms with Gasteiger partial charge in [-0.3, -0.25) is 0 Å². The fourth-order valence-corrected chi connectivity index (χ4v) is 2.33. The monoisotopic (exact) mass is 417 g/mol. The van der Waals surface area contributed by atoms with Gasteiger partial charge in [-0.05, 0) is 30.9 Å². The Morgan fingerprint density at radius 3 is 2.07 bits per heavy atom. The van der Waals surface area contributed by atoms with Crippen molar-refractivity contribution >= 4 is 5.97 Å². The number of aliphatic carboxylic acids is 1. The van der Waals surface area contributed by atoms with E-state index in [-0.39, 0.29) is 18.7 Å². The number of rotatable bonds is 7. The van der Waals surface area contributed by atoms with Gasteiger partial charge in [0.25, 0.3) is 0 Å². The van der Waals surface area contributed by atoms with Crippen molar-refractivity contribution in [1.29, 1.82) is 0 Å². The third-order valence-corrected chi connectivity index (χ3v) is 4.06. The summed E-state index contributed by atoms with van der Waals surface area (Å²) >= 11 is 0. The number of halogens is 6. The van der Waals surface area contributed by atoms with E-state index in [1.54, 1.807) is 6.07 Å². The molecule has 4 nitrogen and oxygen atoms in total. The average molecular weight is 417 g/mol. The first-order chi connectivity index (χ1) is 12.7. The lowest BCUT2D eigenvalue weighted by atomic mass is 9.97. The van der Waals surface area contributed by atoms with Crippen molar-refractivity contribution in [3.8, 4) is 0 Å². The summed E-state index contributed by atoms with van der Waals surface area (Å²) in [4.78, 5) is 8.90. The maximum absolute atomic E-state index is 12.7. The zero-order valence-electron chi connectivity index (χ0n) is 15.7. The van der Waals surface area contributed by atoms with Crippen LogP contribution in [0.15, 0.2) is 24.3 Å². The smallest absolute Gasteiger partial charge is 0.475 e. The van der Waals surface area contributed by atoms with E-state index in [0.29, 0.717) is 17.9 Å².